The molecule has 1 saturated carbocycles. The Morgan fingerprint density at radius 2 is 2.00 bits per heavy atom. The number of amides is 1. The summed E-state index contributed by atoms with van der Waals surface area (Å²) in [7, 11) is 3.22. The number of aromatic carboxylic acids is 1. The number of nitrogens with one attached hydrogen (secondary N) is 1. The van der Waals surface area contributed by atoms with Crippen LogP contribution in [0.15, 0.2) is 42.6 Å². The lowest BCUT2D eigenvalue weighted by Gasteiger charge is -2.12. The molecule has 0 bridgehead atoms. The molecular weight excluding hydrogens is 396 g/mol. The molecule has 0 aliphatic heterocycles. The Morgan fingerprint density at radius 3 is 2.71 bits per heavy atom. The summed E-state index contributed by atoms with van der Waals surface area (Å²) in [4.78, 5) is 24.1. The van der Waals surface area contributed by atoms with Gasteiger partial charge in [0.1, 0.15) is 11.8 Å². The van der Waals surface area contributed by atoms with Crippen molar-refractivity contribution in [3.05, 3.63) is 59.3 Å². The number of anilines is 1. The fraction of sp³-hybridized carbons (Fsp3) is 0.333. The van der Waals surface area contributed by atoms with Gasteiger partial charge in [-0.15, -0.1) is 0 Å². The minimum atomic E-state index is -3.56. The Kier molecular flexibility index (Phi) is 3.48. The zero-order valence-electron chi connectivity index (χ0n) is 25.8. The number of carboxylic acids is 1. The highest BCUT2D eigenvalue weighted by Gasteiger charge is 2.19. The summed E-state index contributed by atoms with van der Waals surface area (Å²) in [5, 5.41) is 12.2. The second-order valence-corrected chi connectivity index (χ2v) is 6.85. The highest BCUT2D eigenvalue weighted by Crippen LogP contribution is 2.30. The van der Waals surface area contributed by atoms with E-state index in [0.29, 0.717) is 23.1 Å². The molecule has 1 amide bonds. The Hall–Kier alpha value is -3.48. The first-order valence-corrected chi connectivity index (χ1v) is 9.30. The van der Waals surface area contributed by atoms with Crippen LogP contribution in [0.25, 0.3) is 10.9 Å². The van der Waals surface area contributed by atoms with E-state index < -0.39 is 43.6 Å². The van der Waals surface area contributed by atoms with Crippen molar-refractivity contribution >= 4 is 28.7 Å². The number of rotatable bonds is 6. The van der Waals surface area contributed by atoms with E-state index in [9.17, 15) is 14.7 Å². The molecule has 2 N–H and O–H groups in total. The zero-order chi connectivity index (χ0) is 30.1. The van der Waals surface area contributed by atoms with Crippen molar-refractivity contribution in [2.24, 2.45) is 7.05 Å². The first kappa shape index (κ1) is 12.4. The van der Waals surface area contributed by atoms with E-state index in [1.807, 2.05) is 10.8 Å². The topological polar surface area (TPSA) is 89.8 Å². The van der Waals surface area contributed by atoms with Gasteiger partial charge in [-0.25, -0.2) is 9.59 Å². The number of methoxy groups -OCH3 is 1. The zero-order valence-corrected chi connectivity index (χ0v) is 16.8. The molecule has 7 nitrogen and oxygen atoms in total. The summed E-state index contributed by atoms with van der Waals surface area (Å²) in [6.07, 6.45) is -16.9. The number of aryl methyl sites for hydroxylation is 1. The lowest BCUT2D eigenvalue weighted by Crippen LogP contribution is -2.20. The van der Waals surface area contributed by atoms with E-state index in [0.717, 1.165) is 11.1 Å². The van der Waals surface area contributed by atoms with Crippen LogP contribution in [-0.4, -0.2) is 34.9 Å². The molecule has 4 rings (SSSR count). The number of carboxylic acid groups (broad SMARTS) is 1. The molecule has 1 aliphatic rings. The van der Waals surface area contributed by atoms with Gasteiger partial charge in [0.2, 0.25) is 0 Å². The largest absolute Gasteiger partial charge is 0.496 e. The van der Waals surface area contributed by atoms with Crippen molar-refractivity contribution in [1.82, 2.24) is 4.57 Å². The predicted molar refractivity (Wildman–Crippen MR) is 118 cm³/mol. The number of ether oxygens (including phenoxy) is 2. The van der Waals surface area contributed by atoms with Crippen molar-refractivity contribution in [2.75, 3.05) is 12.4 Å². The average molecular weight is 432 g/mol. The quantitative estimate of drug-likeness (QED) is 0.575. The lowest BCUT2D eigenvalue weighted by atomic mass is 10.0. The van der Waals surface area contributed by atoms with Gasteiger partial charge in [-0.3, -0.25) is 5.32 Å². The van der Waals surface area contributed by atoms with Crippen molar-refractivity contribution in [3.63, 3.8) is 0 Å². The lowest BCUT2D eigenvalue weighted by molar-refractivity contribution is 0.0696. The van der Waals surface area contributed by atoms with Gasteiger partial charge < -0.3 is 19.1 Å². The smallest absolute Gasteiger partial charge is 0.411 e. The van der Waals surface area contributed by atoms with Gasteiger partial charge in [0.25, 0.3) is 0 Å². The van der Waals surface area contributed by atoms with Gasteiger partial charge in [-0.2, -0.15) is 0 Å². The molecule has 1 aliphatic carbocycles. The highest BCUT2D eigenvalue weighted by molar-refractivity contribution is 5.92. The summed E-state index contributed by atoms with van der Waals surface area (Å²) in [5.41, 5.74) is 2.43. The number of hydrogen-bond donors (Lipinski definition) is 2. The Bertz CT molecular complexity index is 1490. The Balaban J connectivity index is 1.64. The minimum absolute atomic E-state index is 0.0628. The van der Waals surface area contributed by atoms with Gasteiger partial charge in [0.05, 0.1) is 14.0 Å². The molecule has 0 saturated heterocycles. The first-order valence-electron chi connectivity index (χ1n) is 13.8. The third-order valence-electron chi connectivity index (χ3n) is 4.84. The van der Waals surface area contributed by atoms with Gasteiger partial charge in [0, 0.05) is 47.2 Å². The fourth-order valence-corrected chi connectivity index (χ4v) is 3.42. The second-order valence-electron chi connectivity index (χ2n) is 6.85. The highest BCUT2D eigenvalue weighted by atomic mass is 16.6. The number of hydrogen-bond acceptors (Lipinski definition) is 4. The van der Waals surface area contributed by atoms with Crippen molar-refractivity contribution < 1.29 is 36.5 Å². The van der Waals surface area contributed by atoms with Crippen LogP contribution < -0.4 is 10.1 Å². The van der Waals surface area contributed by atoms with E-state index in [1.54, 1.807) is 25.2 Å². The molecule has 0 unspecified atom stereocenters. The van der Waals surface area contributed by atoms with Crippen LogP contribution in [0.4, 0.5) is 10.5 Å². The fourth-order valence-electron chi connectivity index (χ4n) is 3.42. The summed E-state index contributed by atoms with van der Waals surface area (Å²) in [6, 6.07) is 9.22. The number of fused-ring (bicyclic) bond motifs is 1. The molecular formula is C24H26N2O5. The molecule has 7 heteroatoms. The van der Waals surface area contributed by atoms with Gasteiger partial charge in [0.15, 0.2) is 0 Å². The van der Waals surface area contributed by atoms with E-state index in [2.05, 4.69) is 5.32 Å². The maximum Gasteiger partial charge on any atom is 0.411 e. The Labute approximate surface area is 193 Å². The van der Waals surface area contributed by atoms with E-state index in [1.165, 1.54) is 25.3 Å². The summed E-state index contributed by atoms with van der Waals surface area (Å²) in [6.45, 7) is 0. The number of carbonyl (C=O) groups is 2. The molecule has 1 heterocycles. The number of aromatic nitrogens is 1. The van der Waals surface area contributed by atoms with Crippen LogP contribution in [0.5, 0.6) is 5.75 Å². The van der Waals surface area contributed by atoms with Gasteiger partial charge in [-0.1, -0.05) is 6.07 Å². The maximum absolute atomic E-state index is 12.8. The Morgan fingerprint density at radius 1 is 1.23 bits per heavy atom. The van der Waals surface area contributed by atoms with E-state index in [-0.39, 0.29) is 11.3 Å². The predicted octanol–water partition coefficient (Wildman–Crippen LogP) is 4.97. The second kappa shape index (κ2) is 8.71. The van der Waals surface area contributed by atoms with Crippen LogP contribution in [0.3, 0.4) is 0 Å². The maximum atomic E-state index is 12.8. The molecule has 0 spiro atoms. The normalized spacial score (nSPS) is 25.8. The summed E-state index contributed by atoms with van der Waals surface area (Å²) >= 11 is 0. The summed E-state index contributed by atoms with van der Waals surface area (Å²) < 4.78 is 83.8. The number of carbonyl (C=O) groups excluding carboxylic acids is 1. The molecule has 2 aromatic carbocycles. The van der Waals surface area contributed by atoms with Crippen molar-refractivity contribution in [1.29, 1.82) is 0 Å². The van der Waals surface area contributed by atoms with Crippen LogP contribution >= 0.6 is 0 Å². The number of nitrogens with zero attached hydrogens (tertiary/aromatic N) is 1. The summed E-state index contributed by atoms with van der Waals surface area (Å²) in [5.74, 6) is -0.728. The van der Waals surface area contributed by atoms with Crippen molar-refractivity contribution in [3.8, 4) is 5.75 Å². The monoisotopic (exact) mass is 431 g/mol. The first-order chi connectivity index (χ1) is 18.3. The molecule has 0 atom stereocenters. The SMILES string of the molecule is [2H]C1([2H])C([2H])([2H])C([2H])([2H])C([2H])(OC(=O)Nc2ccc3c(c2)c(Cc2ccc(C(=O)O)cc2OC)cn3C)C1([2H])[2H]. The van der Waals surface area contributed by atoms with Crippen LogP contribution in [0, 0.1) is 0 Å². The molecule has 3 aromatic rings. The third kappa shape index (κ3) is 4.50. The van der Waals surface area contributed by atoms with Gasteiger partial charge >= 0.3 is 12.1 Å². The molecule has 162 valence electrons. The molecule has 1 fully saturated rings. The average Bonchev–Trinajstić information content (AvgIpc) is 3.19. The van der Waals surface area contributed by atoms with Crippen LogP contribution in [-0.2, 0) is 18.2 Å². The van der Waals surface area contributed by atoms with Crippen molar-refractivity contribution in [2.45, 2.75) is 38.0 Å². The van der Waals surface area contributed by atoms with E-state index >= 15 is 0 Å². The third-order valence-corrected chi connectivity index (χ3v) is 4.84. The van der Waals surface area contributed by atoms with Crippen LogP contribution in [0.1, 0.15) is 59.3 Å². The van der Waals surface area contributed by atoms with E-state index in [4.69, 9.17) is 21.8 Å². The van der Waals surface area contributed by atoms with Gasteiger partial charge in [-0.05, 0) is 67.0 Å². The molecule has 1 aromatic heterocycles. The molecule has 0 radical (unpaired) electrons. The minimum Gasteiger partial charge on any atom is -0.496 e. The standard InChI is InChI=1S/C24H26N2O5/c1-26-14-17(11-15-7-8-16(23(27)28)12-22(15)30-2)20-13-18(9-10-21(20)26)25-24(29)31-19-5-3-4-6-19/h7-10,12-14,19H,3-6,11H2,1-2H3,(H,25,29)(H,27,28)/i3D2,4D2,5D2,6D2,19D. The molecule has 31 heavy (non-hydrogen) atoms. The number of benzene rings is 2. The van der Waals surface area contributed by atoms with Crippen LogP contribution in [0.2, 0.25) is 0 Å².